The first-order valence-corrected chi connectivity index (χ1v) is 8.44. The molecule has 0 aliphatic heterocycles. The van der Waals surface area contributed by atoms with E-state index in [1.807, 2.05) is 60.7 Å². The van der Waals surface area contributed by atoms with Crippen LogP contribution in [0.3, 0.4) is 0 Å². The zero-order valence-electron chi connectivity index (χ0n) is 11.3. The lowest BCUT2D eigenvalue weighted by Gasteiger charge is -2.20. The fourth-order valence-corrected chi connectivity index (χ4v) is 4.34. The van der Waals surface area contributed by atoms with Gasteiger partial charge in [0.1, 0.15) is 0 Å². The van der Waals surface area contributed by atoms with Crippen molar-refractivity contribution in [1.82, 2.24) is 5.09 Å². The van der Waals surface area contributed by atoms with E-state index < -0.39 is 7.29 Å². The normalized spacial score (nSPS) is 11.4. The van der Waals surface area contributed by atoms with E-state index in [0.29, 0.717) is 0 Å². The van der Waals surface area contributed by atoms with Gasteiger partial charge in [-0.25, -0.2) is 0 Å². The van der Waals surface area contributed by atoms with Gasteiger partial charge in [0.15, 0.2) is 0 Å². The van der Waals surface area contributed by atoms with Crippen molar-refractivity contribution in [3.8, 4) is 0 Å². The number of rotatable bonds is 6. The summed E-state index contributed by atoms with van der Waals surface area (Å²) in [6, 6.07) is 19.4. The summed E-state index contributed by atoms with van der Waals surface area (Å²) in [5.74, 6) is 0. The van der Waals surface area contributed by atoms with Gasteiger partial charge < -0.3 is 0 Å². The molecule has 0 aliphatic rings. The lowest BCUT2D eigenvalue weighted by atomic mass is 10.3. The van der Waals surface area contributed by atoms with Gasteiger partial charge in [0.05, 0.1) is 0 Å². The van der Waals surface area contributed by atoms with Crippen LogP contribution in [0.15, 0.2) is 60.7 Å². The topological polar surface area (TPSA) is 29.1 Å². The minimum Gasteiger partial charge on any atom is -0.297 e. The number of unbranched alkanes of at least 4 members (excludes halogenated alkanes) is 1. The van der Waals surface area contributed by atoms with Crippen molar-refractivity contribution in [3.63, 3.8) is 0 Å². The molecule has 1 N–H and O–H groups in total. The molecule has 0 fully saturated rings. The molecule has 0 heterocycles. The fraction of sp³-hybridized carbons (Fsp3) is 0.250. The van der Waals surface area contributed by atoms with Crippen molar-refractivity contribution in [2.75, 3.05) is 6.54 Å². The van der Waals surface area contributed by atoms with E-state index in [1.54, 1.807) is 0 Å². The van der Waals surface area contributed by atoms with E-state index in [9.17, 15) is 4.57 Å². The Morgan fingerprint density at radius 2 is 1.37 bits per heavy atom. The first-order chi connectivity index (χ1) is 9.27. The van der Waals surface area contributed by atoms with Crippen LogP contribution >= 0.6 is 7.29 Å². The molecule has 2 aromatic rings. The van der Waals surface area contributed by atoms with Crippen LogP contribution in [0.25, 0.3) is 0 Å². The predicted octanol–water partition coefficient (Wildman–Crippen LogP) is 3.31. The summed E-state index contributed by atoms with van der Waals surface area (Å²) in [5, 5.41) is 5.03. The lowest BCUT2D eigenvalue weighted by Crippen LogP contribution is -2.28. The third-order valence-electron chi connectivity index (χ3n) is 3.10. The van der Waals surface area contributed by atoms with Crippen molar-refractivity contribution < 1.29 is 4.57 Å². The Morgan fingerprint density at radius 1 is 0.895 bits per heavy atom. The lowest BCUT2D eigenvalue weighted by molar-refractivity contribution is 0.576. The van der Waals surface area contributed by atoms with E-state index >= 15 is 0 Å². The van der Waals surface area contributed by atoms with Gasteiger partial charge >= 0.3 is 0 Å². The van der Waals surface area contributed by atoms with E-state index in [2.05, 4.69) is 12.0 Å². The average molecular weight is 273 g/mol. The van der Waals surface area contributed by atoms with Crippen LogP contribution in [0.1, 0.15) is 19.8 Å². The third-order valence-corrected chi connectivity index (χ3v) is 5.82. The second kappa shape index (κ2) is 6.70. The highest BCUT2D eigenvalue weighted by Gasteiger charge is 2.25. The van der Waals surface area contributed by atoms with Crippen molar-refractivity contribution in [1.29, 1.82) is 0 Å². The van der Waals surface area contributed by atoms with Gasteiger partial charge in [-0.05, 0) is 30.7 Å². The van der Waals surface area contributed by atoms with Crippen molar-refractivity contribution >= 4 is 17.9 Å². The minimum atomic E-state index is -2.70. The molecule has 0 saturated carbocycles. The van der Waals surface area contributed by atoms with Gasteiger partial charge in [0, 0.05) is 17.2 Å². The Bertz CT molecular complexity index is 496. The molecule has 2 aromatic carbocycles. The summed E-state index contributed by atoms with van der Waals surface area (Å²) in [7, 11) is -2.70. The second-order valence-electron chi connectivity index (χ2n) is 4.54. The Labute approximate surface area is 115 Å². The van der Waals surface area contributed by atoms with E-state index in [4.69, 9.17) is 0 Å². The quantitative estimate of drug-likeness (QED) is 0.646. The van der Waals surface area contributed by atoms with E-state index in [0.717, 1.165) is 30.0 Å². The molecule has 0 bridgehead atoms. The maximum atomic E-state index is 13.4. The van der Waals surface area contributed by atoms with Gasteiger partial charge in [-0.1, -0.05) is 49.7 Å². The minimum absolute atomic E-state index is 0.775. The highest BCUT2D eigenvalue weighted by molar-refractivity contribution is 7.76. The Morgan fingerprint density at radius 3 is 1.79 bits per heavy atom. The summed E-state index contributed by atoms with van der Waals surface area (Å²) in [6.45, 7) is 2.91. The van der Waals surface area contributed by atoms with E-state index in [1.165, 1.54) is 0 Å². The van der Waals surface area contributed by atoms with Gasteiger partial charge in [-0.15, -0.1) is 0 Å². The molecule has 0 saturated heterocycles. The molecular formula is C16H20NOP. The molecule has 2 nitrogen and oxygen atoms in total. The molecule has 2 rings (SSSR count). The first kappa shape index (κ1) is 14.0. The van der Waals surface area contributed by atoms with Crippen LogP contribution in [0.5, 0.6) is 0 Å². The van der Waals surface area contributed by atoms with Crippen LogP contribution in [-0.4, -0.2) is 6.54 Å². The van der Waals surface area contributed by atoms with Crippen molar-refractivity contribution in [2.24, 2.45) is 0 Å². The molecule has 0 radical (unpaired) electrons. The Hall–Kier alpha value is -1.37. The summed E-state index contributed by atoms with van der Waals surface area (Å²) in [5.41, 5.74) is 0. The number of hydrogen-bond acceptors (Lipinski definition) is 1. The maximum absolute atomic E-state index is 13.4. The van der Waals surface area contributed by atoms with Crippen molar-refractivity contribution in [2.45, 2.75) is 19.8 Å². The number of benzene rings is 2. The third kappa shape index (κ3) is 3.34. The molecule has 0 aliphatic carbocycles. The van der Waals surface area contributed by atoms with Crippen LogP contribution in [0.4, 0.5) is 0 Å². The van der Waals surface area contributed by atoms with Crippen molar-refractivity contribution in [3.05, 3.63) is 60.7 Å². The number of hydrogen-bond donors (Lipinski definition) is 1. The summed E-state index contributed by atoms with van der Waals surface area (Å²) in [6.07, 6.45) is 2.13. The van der Waals surface area contributed by atoms with Gasteiger partial charge in [0.25, 0.3) is 0 Å². The number of nitrogens with one attached hydrogen (secondary N) is 1. The Balaban J connectivity index is 2.36. The summed E-state index contributed by atoms with van der Waals surface area (Å²) >= 11 is 0. The molecule has 0 spiro atoms. The highest BCUT2D eigenvalue weighted by Crippen LogP contribution is 2.38. The van der Waals surface area contributed by atoms with Gasteiger partial charge in [0.2, 0.25) is 7.29 Å². The SMILES string of the molecule is CCCCNP(=O)(c1ccccc1)c1ccccc1. The summed E-state index contributed by atoms with van der Waals surface area (Å²) < 4.78 is 13.4. The van der Waals surface area contributed by atoms with Crippen LogP contribution in [0, 0.1) is 0 Å². The summed E-state index contributed by atoms with van der Waals surface area (Å²) in [4.78, 5) is 0. The second-order valence-corrected chi connectivity index (χ2v) is 7.11. The van der Waals surface area contributed by atoms with Gasteiger partial charge in [-0.3, -0.25) is 9.65 Å². The standard InChI is InChI=1S/C16H20NOP/c1-2-3-14-17-19(18,15-10-6-4-7-11-15)16-12-8-5-9-13-16/h4-13H,2-3,14H2,1H3,(H,17,18). The molecule has 0 unspecified atom stereocenters. The molecule has 3 heteroatoms. The first-order valence-electron chi connectivity index (χ1n) is 6.74. The smallest absolute Gasteiger partial charge is 0.204 e. The maximum Gasteiger partial charge on any atom is 0.204 e. The monoisotopic (exact) mass is 273 g/mol. The van der Waals surface area contributed by atoms with E-state index in [-0.39, 0.29) is 0 Å². The molecule has 19 heavy (non-hydrogen) atoms. The molecular weight excluding hydrogens is 253 g/mol. The zero-order valence-corrected chi connectivity index (χ0v) is 12.1. The largest absolute Gasteiger partial charge is 0.297 e. The fourth-order valence-electron chi connectivity index (χ4n) is 2.02. The predicted molar refractivity (Wildman–Crippen MR) is 82.7 cm³/mol. The molecule has 0 aromatic heterocycles. The van der Waals surface area contributed by atoms with Crippen LogP contribution in [-0.2, 0) is 4.57 Å². The van der Waals surface area contributed by atoms with Crippen LogP contribution in [0.2, 0.25) is 0 Å². The van der Waals surface area contributed by atoms with Gasteiger partial charge in [-0.2, -0.15) is 0 Å². The average Bonchev–Trinajstić information content (AvgIpc) is 2.49. The highest BCUT2D eigenvalue weighted by atomic mass is 31.2. The zero-order chi connectivity index (χ0) is 13.6. The molecule has 100 valence electrons. The van der Waals surface area contributed by atoms with Crippen LogP contribution < -0.4 is 15.7 Å². The molecule has 0 atom stereocenters. The molecule has 0 amide bonds. The Kier molecular flexibility index (Phi) is 4.95.